The Hall–Kier alpha value is -2.82. The predicted molar refractivity (Wildman–Crippen MR) is 92.3 cm³/mol. The zero-order valence-electron chi connectivity index (χ0n) is 14.5. The first-order valence-electron chi connectivity index (χ1n) is 8.05. The molecule has 2 aromatic rings. The first-order valence-corrected chi connectivity index (χ1v) is 8.05. The standard InChI is InChI=1S/C20H20O5/c1-20(2,3)15-7-4-13(5-8-15)16(21)11-23-19(22)14-6-9-17-18(10-14)25-12-24-17/h4-10H,11-12H2,1-3H3. The van der Waals surface area contributed by atoms with Crippen LogP contribution in [0.15, 0.2) is 42.5 Å². The van der Waals surface area contributed by atoms with E-state index in [1.54, 1.807) is 30.3 Å². The Kier molecular flexibility index (Phi) is 4.49. The highest BCUT2D eigenvalue weighted by Gasteiger charge is 2.18. The number of Topliss-reactive ketones (excluding diaryl/α,β-unsaturated/α-hetero) is 1. The van der Waals surface area contributed by atoms with Gasteiger partial charge in [0.05, 0.1) is 5.56 Å². The van der Waals surface area contributed by atoms with E-state index in [-0.39, 0.29) is 24.6 Å². The lowest BCUT2D eigenvalue weighted by atomic mass is 9.86. The second-order valence-corrected chi connectivity index (χ2v) is 6.89. The van der Waals surface area contributed by atoms with Crippen molar-refractivity contribution in [3.63, 3.8) is 0 Å². The van der Waals surface area contributed by atoms with Crippen LogP contribution in [0, 0.1) is 0 Å². The minimum absolute atomic E-state index is 0.0212. The lowest BCUT2D eigenvalue weighted by Crippen LogP contribution is -2.15. The quantitative estimate of drug-likeness (QED) is 0.626. The van der Waals surface area contributed by atoms with E-state index in [0.717, 1.165) is 5.56 Å². The number of rotatable bonds is 4. The Bertz CT molecular complexity index is 800. The molecule has 0 N–H and O–H groups in total. The smallest absolute Gasteiger partial charge is 0.338 e. The molecule has 0 fully saturated rings. The van der Waals surface area contributed by atoms with E-state index in [1.807, 2.05) is 12.1 Å². The monoisotopic (exact) mass is 340 g/mol. The van der Waals surface area contributed by atoms with Crippen molar-refractivity contribution in [1.82, 2.24) is 0 Å². The van der Waals surface area contributed by atoms with Crippen LogP contribution in [0.3, 0.4) is 0 Å². The molecule has 25 heavy (non-hydrogen) atoms. The van der Waals surface area contributed by atoms with Crippen molar-refractivity contribution in [2.24, 2.45) is 0 Å². The molecule has 0 aromatic heterocycles. The van der Waals surface area contributed by atoms with E-state index in [2.05, 4.69) is 20.8 Å². The summed E-state index contributed by atoms with van der Waals surface area (Å²) in [5, 5.41) is 0. The number of benzene rings is 2. The SMILES string of the molecule is CC(C)(C)c1ccc(C(=O)COC(=O)c2ccc3c(c2)OCO3)cc1. The maximum Gasteiger partial charge on any atom is 0.338 e. The van der Waals surface area contributed by atoms with Crippen LogP contribution >= 0.6 is 0 Å². The number of ether oxygens (including phenoxy) is 3. The summed E-state index contributed by atoms with van der Waals surface area (Å²) in [7, 11) is 0. The summed E-state index contributed by atoms with van der Waals surface area (Å²) in [4.78, 5) is 24.3. The average Bonchev–Trinajstić information content (AvgIpc) is 3.06. The lowest BCUT2D eigenvalue weighted by Gasteiger charge is -2.18. The van der Waals surface area contributed by atoms with Crippen molar-refractivity contribution in [2.45, 2.75) is 26.2 Å². The van der Waals surface area contributed by atoms with Crippen molar-refractivity contribution in [2.75, 3.05) is 13.4 Å². The van der Waals surface area contributed by atoms with E-state index in [1.165, 1.54) is 0 Å². The van der Waals surface area contributed by atoms with Crippen LogP contribution in [0.4, 0.5) is 0 Å². The van der Waals surface area contributed by atoms with E-state index in [9.17, 15) is 9.59 Å². The largest absolute Gasteiger partial charge is 0.454 e. The number of hydrogen-bond donors (Lipinski definition) is 0. The molecule has 0 radical (unpaired) electrons. The van der Waals surface area contributed by atoms with Crippen molar-refractivity contribution in [1.29, 1.82) is 0 Å². The highest BCUT2D eigenvalue weighted by molar-refractivity contribution is 5.99. The minimum Gasteiger partial charge on any atom is -0.454 e. The summed E-state index contributed by atoms with van der Waals surface area (Å²) >= 11 is 0. The van der Waals surface area contributed by atoms with Crippen LogP contribution in [-0.4, -0.2) is 25.2 Å². The van der Waals surface area contributed by atoms with Gasteiger partial charge in [0.1, 0.15) is 0 Å². The third-order valence-electron chi connectivity index (χ3n) is 4.02. The molecule has 1 aliphatic rings. The molecular weight excluding hydrogens is 320 g/mol. The second kappa shape index (κ2) is 6.59. The molecule has 5 nitrogen and oxygen atoms in total. The van der Waals surface area contributed by atoms with Crippen LogP contribution in [0.5, 0.6) is 11.5 Å². The fraction of sp³-hybridized carbons (Fsp3) is 0.300. The lowest BCUT2D eigenvalue weighted by molar-refractivity contribution is 0.0474. The van der Waals surface area contributed by atoms with E-state index in [4.69, 9.17) is 14.2 Å². The number of carbonyl (C=O) groups is 2. The van der Waals surface area contributed by atoms with Gasteiger partial charge in [-0.15, -0.1) is 0 Å². The topological polar surface area (TPSA) is 61.8 Å². The number of ketones is 1. The predicted octanol–water partition coefficient (Wildman–Crippen LogP) is 3.75. The Morgan fingerprint density at radius 3 is 2.28 bits per heavy atom. The third kappa shape index (κ3) is 3.82. The van der Waals surface area contributed by atoms with E-state index < -0.39 is 5.97 Å². The van der Waals surface area contributed by atoms with Crippen LogP contribution in [0.2, 0.25) is 0 Å². The van der Waals surface area contributed by atoms with Gasteiger partial charge >= 0.3 is 5.97 Å². The molecule has 1 aliphatic heterocycles. The Labute approximate surface area is 146 Å². The molecule has 0 amide bonds. The number of carbonyl (C=O) groups excluding carboxylic acids is 2. The van der Waals surface area contributed by atoms with Gasteiger partial charge in [-0.05, 0) is 29.2 Å². The Morgan fingerprint density at radius 2 is 1.60 bits per heavy atom. The molecule has 0 bridgehead atoms. The maximum atomic E-state index is 12.2. The van der Waals surface area contributed by atoms with Crippen LogP contribution in [0.1, 0.15) is 47.1 Å². The molecule has 5 heteroatoms. The second-order valence-electron chi connectivity index (χ2n) is 6.89. The van der Waals surface area contributed by atoms with Gasteiger partial charge in [0.25, 0.3) is 0 Å². The average molecular weight is 340 g/mol. The summed E-state index contributed by atoms with van der Waals surface area (Å²) in [5.41, 5.74) is 2.00. The normalized spacial score (nSPS) is 12.8. The summed E-state index contributed by atoms with van der Waals surface area (Å²) in [6.07, 6.45) is 0. The van der Waals surface area contributed by atoms with Crippen molar-refractivity contribution in [3.8, 4) is 11.5 Å². The van der Waals surface area contributed by atoms with Crippen LogP contribution in [0.25, 0.3) is 0 Å². The van der Waals surface area contributed by atoms with Crippen molar-refractivity contribution >= 4 is 11.8 Å². The summed E-state index contributed by atoms with van der Waals surface area (Å²) in [5.74, 6) is 0.276. The molecular formula is C20H20O5. The van der Waals surface area contributed by atoms with Gasteiger partial charge in [0.2, 0.25) is 6.79 Å². The molecule has 0 aliphatic carbocycles. The minimum atomic E-state index is -0.571. The zero-order valence-corrected chi connectivity index (χ0v) is 14.5. The molecule has 1 heterocycles. The van der Waals surface area contributed by atoms with Gasteiger partial charge in [-0.3, -0.25) is 4.79 Å². The van der Waals surface area contributed by atoms with Crippen LogP contribution in [-0.2, 0) is 10.2 Å². The molecule has 130 valence electrons. The van der Waals surface area contributed by atoms with E-state index >= 15 is 0 Å². The van der Waals surface area contributed by atoms with Crippen molar-refractivity contribution in [3.05, 3.63) is 59.2 Å². The first kappa shape index (κ1) is 17.0. The molecule has 0 unspecified atom stereocenters. The first-order chi connectivity index (χ1) is 11.8. The highest BCUT2D eigenvalue weighted by atomic mass is 16.7. The molecule has 3 rings (SSSR count). The molecule has 0 spiro atoms. The van der Waals surface area contributed by atoms with Gasteiger partial charge in [0.15, 0.2) is 23.9 Å². The summed E-state index contributed by atoms with van der Waals surface area (Å²) in [6.45, 7) is 6.16. The van der Waals surface area contributed by atoms with Gasteiger partial charge < -0.3 is 14.2 Å². The maximum absolute atomic E-state index is 12.2. The number of esters is 1. The third-order valence-corrected chi connectivity index (χ3v) is 4.02. The highest BCUT2D eigenvalue weighted by Crippen LogP contribution is 2.32. The van der Waals surface area contributed by atoms with Gasteiger partial charge in [-0.2, -0.15) is 0 Å². The van der Waals surface area contributed by atoms with Gasteiger partial charge in [0, 0.05) is 5.56 Å². The number of fused-ring (bicyclic) bond motifs is 1. The van der Waals surface area contributed by atoms with Gasteiger partial charge in [-0.25, -0.2) is 4.79 Å². The molecule has 2 aromatic carbocycles. The fourth-order valence-electron chi connectivity index (χ4n) is 2.48. The fourth-order valence-corrected chi connectivity index (χ4v) is 2.48. The van der Waals surface area contributed by atoms with E-state index in [0.29, 0.717) is 22.6 Å². The molecule has 0 atom stereocenters. The number of hydrogen-bond acceptors (Lipinski definition) is 5. The Balaban J connectivity index is 1.61. The summed E-state index contributed by atoms with van der Waals surface area (Å²) < 4.78 is 15.5. The van der Waals surface area contributed by atoms with Gasteiger partial charge in [-0.1, -0.05) is 45.0 Å². The van der Waals surface area contributed by atoms with Crippen molar-refractivity contribution < 1.29 is 23.8 Å². The molecule has 0 saturated heterocycles. The van der Waals surface area contributed by atoms with Crippen LogP contribution < -0.4 is 9.47 Å². The summed E-state index contributed by atoms with van der Waals surface area (Å²) in [6, 6.07) is 12.1. The molecule has 0 saturated carbocycles. The zero-order chi connectivity index (χ0) is 18.0. The Morgan fingerprint density at radius 1 is 0.960 bits per heavy atom.